The number of aryl methyl sites for hydroxylation is 1. The van der Waals surface area contributed by atoms with Gasteiger partial charge in [0.05, 0.1) is 5.69 Å². The van der Waals surface area contributed by atoms with Crippen LogP contribution in [0.4, 0.5) is 10.8 Å². The van der Waals surface area contributed by atoms with E-state index in [2.05, 4.69) is 9.88 Å². The lowest BCUT2D eigenvalue weighted by Gasteiger charge is -2.16. The third kappa shape index (κ3) is 3.00. The van der Waals surface area contributed by atoms with Gasteiger partial charge in [0.2, 0.25) is 0 Å². The molecular formula is C13H17N3OS. The molecule has 0 saturated carbocycles. The lowest BCUT2D eigenvalue weighted by atomic mass is 10.3. The largest absolute Gasteiger partial charge is 0.492 e. The maximum absolute atomic E-state index is 5.44. The van der Waals surface area contributed by atoms with E-state index in [9.17, 15) is 0 Å². The summed E-state index contributed by atoms with van der Waals surface area (Å²) < 4.78 is 5.44. The van der Waals surface area contributed by atoms with Crippen molar-refractivity contribution in [2.45, 2.75) is 6.92 Å². The summed E-state index contributed by atoms with van der Waals surface area (Å²) in [5, 5.41) is 3.04. The summed E-state index contributed by atoms with van der Waals surface area (Å²) in [6, 6.07) is 7.93. The van der Waals surface area contributed by atoms with Crippen molar-refractivity contribution in [3.63, 3.8) is 0 Å². The average Bonchev–Trinajstić information content (AvgIpc) is 2.83. The molecule has 18 heavy (non-hydrogen) atoms. The van der Waals surface area contributed by atoms with E-state index < -0.39 is 0 Å². The first-order valence-corrected chi connectivity index (χ1v) is 6.67. The molecule has 0 atom stereocenters. The Labute approximate surface area is 111 Å². The van der Waals surface area contributed by atoms with Gasteiger partial charge in [-0.15, -0.1) is 11.3 Å². The van der Waals surface area contributed by atoms with Gasteiger partial charge in [0.25, 0.3) is 0 Å². The Morgan fingerprint density at radius 2 is 2.06 bits per heavy atom. The number of hydrogen-bond donors (Lipinski definition) is 1. The summed E-state index contributed by atoms with van der Waals surface area (Å²) in [7, 11) is 2.01. The first kappa shape index (κ1) is 12.9. The number of anilines is 2. The highest BCUT2D eigenvalue weighted by Crippen LogP contribution is 2.27. The molecule has 0 spiro atoms. The lowest BCUT2D eigenvalue weighted by Crippen LogP contribution is -2.11. The van der Waals surface area contributed by atoms with Gasteiger partial charge in [0, 0.05) is 24.7 Å². The third-order valence-corrected chi connectivity index (χ3v) is 3.54. The second-order valence-electron chi connectivity index (χ2n) is 3.96. The topological polar surface area (TPSA) is 51.4 Å². The normalized spacial score (nSPS) is 10.4. The Kier molecular flexibility index (Phi) is 4.17. The first-order valence-electron chi connectivity index (χ1n) is 5.79. The number of nitrogens with two attached hydrogens (primary N) is 1. The molecular weight excluding hydrogens is 246 g/mol. The lowest BCUT2D eigenvalue weighted by molar-refractivity contribution is 0.328. The molecule has 2 N–H and O–H groups in total. The van der Waals surface area contributed by atoms with Gasteiger partial charge in [-0.05, 0) is 31.2 Å². The molecule has 1 heterocycles. The Bertz CT molecular complexity index is 495. The first-order chi connectivity index (χ1) is 8.70. The second-order valence-corrected chi connectivity index (χ2v) is 4.80. The number of thiazole rings is 1. The molecule has 0 unspecified atom stereocenters. The summed E-state index contributed by atoms with van der Waals surface area (Å²) in [5.41, 5.74) is 7.53. The van der Waals surface area contributed by atoms with Gasteiger partial charge in [-0.3, -0.25) is 0 Å². The zero-order chi connectivity index (χ0) is 13.0. The minimum atomic E-state index is 0.528. The van der Waals surface area contributed by atoms with E-state index in [4.69, 9.17) is 10.5 Å². The van der Waals surface area contributed by atoms with Crippen LogP contribution in [-0.2, 0) is 0 Å². The molecule has 96 valence electrons. The van der Waals surface area contributed by atoms with E-state index in [0.717, 1.165) is 22.3 Å². The van der Waals surface area contributed by atoms with E-state index in [1.165, 1.54) is 0 Å². The SMILES string of the molecule is Cc1csc(N(C)c2ccc(OCCN)cc2)n1. The van der Waals surface area contributed by atoms with Crippen LogP contribution in [0.2, 0.25) is 0 Å². The molecule has 0 aliphatic carbocycles. The molecule has 0 aliphatic heterocycles. The third-order valence-electron chi connectivity index (χ3n) is 2.50. The molecule has 0 fully saturated rings. The Morgan fingerprint density at radius 3 is 2.61 bits per heavy atom. The fourth-order valence-corrected chi connectivity index (χ4v) is 2.34. The molecule has 0 radical (unpaired) electrons. The smallest absolute Gasteiger partial charge is 0.189 e. The molecule has 5 heteroatoms. The van der Waals surface area contributed by atoms with Crippen molar-refractivity contribution in [2.24, 2.45) is 5.73 Å². The van der Waals surface area contributed by atoms with Crippen LogP contribution >= 0.6 is 11.3 Å². The number of nitrogens with zero attached hydrogens (tertiary/aromatic N) is 2. The number of ether oxygens (including phenoxy) is 1. The van der Waals surface area contributed by atoms with E-state index in [1.54, 1.807) is 11.3 Å². The Balaban J connectivity index is 2.09. The number of aromatic nitrogens is 1. The van der Waals surface area contributed by atoms with Crippen LogP contribution in [0.25, 0.3) is 0 Å². The van der Waals surface area contributed by atoms with Gasteiger partial charge in [-0.2, -0.15) is 0 Å². The van der Waals surface area contributed by atoms with Crippen molar-refractivity contribution in [3.05, 3.63) is 35.3 Å². The highest BCUT2D eigenvalue weighted by Gasteiger charge is 2.07. The zero-order valence-electron chi connectivity index (χ0n) is 10.6. The molecule has 1 aromatic heterocycles. The van der Waals surface area contributed by atoms with Crippen molar-refractivity contribution in [3.8, 4) is 5.75 Å². The van der Waals surface area contributed by atoms with Crippen molar-refractivity contribution in [2.75, 3.05) is 25.1 Å². The minimum absolute atomic E-state index is 0.528. The van der Waals surface area contributed by atoms with Gasteiger partial charge in [-0.1, -0.05) is 0 Å². The average molecular weight is 263 g/mol. The highest BCUT2D eigenvalue weighted by molar-refractivity contribution is 7.13. The number of hydrogen-bond acceptors (Lipinski definition) is 5. The zero-order valence-corrected chi connectivity index (χ0v) is 11.4. The maximum atomic E-state index is 5.44. The van der Waals surface area contributed by atoms with Gasteiger partial charge >= 0.3 is 0 Å². The van der Waals surface area contributed by atoms with Gasteiger partial charge in [0.15, 0.2) is 5.13 Å². The standard InChI is InChI=1S/C13H17N3OS/c1-10-9-18-13(15-10)16(2)11-3-5-12(6-4-11)17-8-7-14/h3-6,9H,7-8,14H2,1-2H3. The second kappa shape index (κ2) is 5.84. The van der Waals surface area contributed by atoms with E-state index in [0.29, 0.717) is 13.2 Å². The highest BCUT2D eigenvalue weighted by atomic mass is 32.1. The van der Waals surface area contributed by atoms with Crippen LogP contribution in [-0.4, -0.2) is 25.2 Å². The quantitative estimate of drug-likeness (QED) is 0.900. The van der Waals surface area contributed by atoms with Gasteiger partial charge < -0.3 is 15.4 Å². The predicted molar refractivity (Wildman–Crippen MR) is 75.9 cm³/mol. The Morgan fingerprint density at radius 1 is 1.33 bits per heavy atom. The summed E-state index contributed by atoms with van der Waals surface area (Å²) in [4.78, 5) is 6.52. The predicted octanol–water partition coefficient (Wildman–Crippen LogP) is 2.56. The summed E-state index contributed by atoms with van der Waals surface area (Å²) >= 11 is 1.64. The molecule has 1 aromatic carbocycles. The molecule has 2 aromatic rings. The molecule has 4 nitrogen and oxygen atoms in total. The summed E-state index contributed by atoms with van der Waals surface area (Å²) in [6.45, 7) is 3.07. The fourth-order valence-electron chi connectivity index (χ4n) is 1.55. The van der Waals surface area contributed by atoms with E-state index in [1.807, 2.05) is 43.6 Å². The van der Waals surface area contributed by atoms with Gasteiger partial charge in [-0.25, -0.2) is 4.98 Å². The van der Waals surface area contributed by atoms with Crippen LogP contribution in [0.3, 0.4) is 0 Å². The summed E-state index contributed by atoms with van der Waals surface area (Å²) in [5.74, 6) is 0.841. The van der Waals surface area contributed by atoms with Gasteiger partial charge in [0.1, 0.15) is 12.4 Å². The summed E-state index contributed by atoms with van der Waals surface area (Å²) in [6.07, 6.45) is 0. The van der Waals surface area contributed by atoms with Crippen molar-refractivity contribution in [1.82, 2.24) is 4.98 Å². The van der Waals surface area contributed by atoms with Crippen LogP contribution in [0.1, 0.15) is 5.69 Å². The maximum Gasteiger partial charge on any atom is 0.189 e. The number of benzene rings is 1. The molecule has 0 bridgehead atoms. The van der Waals surface area contributed by atoms with Crippen molar-refractivity contribution >= 4 is 22.2 Å². The van der Waals surface area contributed by atoms with Crippen molar-refractivity contribution in [1.29, 1.82) is 0 Å². The Hall–Kier alpha value is -1.59. The van der Waals surface area contributed by atoms with E-state index >= 15 is 0 Å². The molecule has 2 rings (SSSR count). The fraction of sp³-hybridized carbons (Fsp3) is 0.308. The monoisotopic (exact) mass is 263 g/mol. The minimum Gasteiger partial charge on any atom is -0.492 e. The van der Waals surface area contributed by atoms with Crippen LogP contribution in [0.15, 0.2) is 29.6 Å². The van der Waals surface area contributed by atoms with Crippen molar-refractivity contribution < 1.29 is 4.74 Å². The molecule has 0 amide bonds. The molecule has 0 aliphatic rings. The molecule has 0 saturated heterocycles. The van der Waals surface area contributed by atoms with Crippen LogP contribution in [0, 0.1) is 6.92 Å². The number of rotatable bonds is 5. The van der Waals surface area contributed by atoms with Crippen LogP contribution < -0.4 is 15.4 Å². The van der Waals surface area contributed by atoms with E-state index in [-0.39, 0.29) is 0 Å². The van der Waals surface area contributed by atoms with Crippen LogP contribution in [0.5, 0.6) is 5.75 Å².